The zero-order valence-electron chi connectivity index (χ0n) is 10.7. The van der Waals surface area contributed by atoms with E-state index in [2.05, 4.69) is 4.99 Å². The van der Waals surface area contributed by atoms with Gasteiger partial charge in [-0.2, -0.15) is 0 Å². The Hall–Kier alpha value is -2.43. The largest absolute Gasteiger partial charge is 0.462 e. The van der Waals surface area contributed by atoms with Crippen LogP contribution in [0.15, 0.2) is 35.0 Å². The predicted octanol–water partition coefficient (Wildman–Crippen LogP) is 2.18. The number of rotatable bonds is 3. The number of ether oxygens (including phenoxy) is 2. The van der Waals surface area contributed by atoms with Crippen LogP contribution in [0.5, 0.6) is 0 Å². The van der Waals surface area contributed by atoms with Gasteiger partial charge in [-0.05, 0) is 30.7 Å². The third-order valence-corrected chi connectivity index (χ3v) is 2.45. The Morgan fingerprint density at radius 1 is 1.37 bits per heavy atom. The monoisotopic (exact) mass is 259 g/mol. The van der Waals surface area contributed by atoms with Crippen LogP contribution in [-0.2, 0) is 14.3 Å². The Labute approximate surface area is 110 Å². The molecule has 1 aliphatic rings. The number of hydrogen-bond acceptors (Lipinski definition) is 5. The molecule has 0 unspecified atom stereocenters. The SMILES string of the molecule is CCOC(=O)c1ccc(/C=C2\N=C(C)OC2=O)cc1. The second-order valence-electron chi connectivity index (χ2n) is 3.89. The summed E-state index contributed by atoms with van der Waals surface area (Å²) in [5, 5.41) is 0. The van der Waals surface area contributed by atoms with Crippen LogP contribution < -0.4 is 0 Å². The fourth-order valence-corrected chi connectivity index (χ4v) is 1.60. The van der Waals surface area contributed by atoms with Crippen LogP contribution in [0.25, 0.3) is 6.08 Å². The molecular formula is C14H13NO4. The van der Waals surface area contributed by atoms with Gasteiger partial charge in [-0.1, -0.05) is 12.1 Å². The highest BCUT2D eigenvalue weighted by atomic mass is 16.6. The number of carbonyl (C=O) groups excluding carboxylic acids is 2. The summed E-state index contributed by atoms with van der Waals surface area (Å²) in [6.45, 7) is 3.70. The first-order valence-corrected chi connectivity index (χ1v) is 5.86. The molecule has 0 fully saturated rings. The Morgan fingerprint density at radius 2 is 2.05 bits per heavy atom. The Bertz CT molecular complexity index is 570. The molecule has 98 valence electrons. The van der Waals surface area contributed by atoms with E-state index in [1.54, 1.807) is 44.2 Å². The van der Waals surface area contributed by atoms with E-state index in [1.807, 2.05) is 0 Å². The summed E-state index contributed by atoms with van der Waals surface area (Å²) in [5.74, 6) is -0.498. The van der Waals surface area contributed by atoms with Gasteiger partial charge in [0.2, 0.25) is 0 Å². The molecule has 2 rings (SSSR count). The van der Waals surface area contributed by atoms with E-state index < -0.39 is 5.97 Å². The molecule has 19 heavy (non-hydrogen) atoms. The van der Waals surface area contributed by atoms with Gasteiger partial charge in [-0.3, -0.25) is 0 Å². The molecule has 0 N–H and O–H groups in total. The number of esters is 2. The van der Waals surface area contributed by atoms with Crippen LogP contribution in [0, 0.1) is 0 Å². The second-order valence-corrected chi connectivity index (χ2v) is 3.89. The number of cyclic esters (lactones) is 1. The van der Waals surface area contributed by atoms with Crippen molar-refractivity contribution < 1.29 is 19.1 Å². The molecular weight excluding hydrogens is 246 g/mol. The Balaban J connectivity index is 2.18. The minimum absolute atomic E-state index is 0.251. The molecule has 5 heteroatoms. The van der Waals surface area contributed by atoms with Crippen molar-refractivity contribution in [2.24, 2.45) is 4.99 Å². The standard InChI is InChI=1S/C14H13NO4/c1-3-18-13(16)11-6-4-10(5-7-11)8-12-14(17)19-9(2)15-12/h4-8H,3H2,1-2H3/b12-8-. The van der Waals surface area contributed by atoms with Gasteiger partial charge in [-0.15, -0.1) is 0 Å². The van der Waals surface area contributed by atoms with Crippen LogP contribution in [-0.4, -0.2) is 24.4 Å². The third kappa shape index (κ3) is 3.07. The maximum absolute atomic E-state index is 11.5. The zero-order chi connectivity index (χ0) is 13.8. The molecule has 0 bridgehead atoms. The van der Waals surface area contributed by atoms with Gasteiger partial charge in [0.15, 0.2) is 11.6 Å². The van der Waals surface area contributed by atoms with E-state index >= 15 is 0 Å². The van der Waals surface area contributed by atoms with Gasteiger partial charge in [0.25, 0.3) is 0 Å². The molecule has 0 aliphatic carbocycles. The highest BCUT2D eigenvalue weighted by Crippen LogP contribution is 2.16. The maximum Gasteiger partial charge on any atom is 0.363 e. The fourth-order valence-electron chi connectivity index (χ4n) is 1.60. The Kier molecular flexibility index (Phi) is 3.75. The lowest BCUT2D eigenvalue weighted by Gasteiger charge is -2.01. The van der Waals surface area contributed by atoms with Crippen molar-refractivity contribution in [2.75, 3.05) is 6.61 Å². The lowest BCUT2D eigenvalue weighted by atomic mass is 10.1. The van der Waals surface area contributed by atoms with Crippen molar-refractivity contribution in [1.82, 2.24) is 0 Å². The molecule has 1 aromatic carbocycles. The van der Waals surface area contributed by atoms with E-state index in [1.165, 1.54) is 0 Å². The van der Waals surface area contributed by atoms with Crippen LogP contribution >= 0.6 is 0 Å². The molecule has 0 saturated carbocycles. The second kappa shape index (κ2) is 5.48. The molecule has 1 heterocycles. The summed E-state index contributed by atoms with van der Waals surface area (Å²) in [4.78, 5) is 26.8. The molecule has 0 amide bonds. The van der Waals surface area contributed by atoms with Crippen LogP contribution in [0.1, 0.15) is 29.8 Å². The minimum atomic E-state index is -0.466. The van der Waals surface area contributed by atoms with Crippen molar-refractivity contribution in [3.8, 4) is 0 Å². The van der Waals surface area contributed by atoms with E-state index in [4.69, 9.17) is 9.47 Å². The molecule has 1 aliphatic heterocycles. The van der Waals surface area contributed by atoms with Crippen LogP contribution in [0.4, 0.5) is 0 Å². The van der Waals surface area contributed by atoms with Crippen molar-refractivity contribution in [2.45, 2.75) is 13.8 Å². The minimum Gasteiger partial charge on any atom is -0.462 e. The average Bonchev–Trinajstić information content (AvgIpc) is 2.69. The van der Waals surface area contributed by atoms with Crippen LogP contribution in [0.2, 0.25) is 0 Å². The van der Waals surface area contributed by atoms with Gasteiger partial charge in [0.1, 0.15) is 0 Å². The third-order valence-electron chi connectivity index (χ3n) is 2.45. The van der Waals surface area contributed by atoms with Crippen LogP contribution in [0.3, 0.4) is 0 Å². The van der Waals surface area contributed by atoms with Crippen molar-refractivity contribution >= 4 is 23.9 Å². The van der Waals surface area contributed by atoms with Gasteiger partial charge >= 0.3 is 11.9 Å². The summed E-state index contributed by atoms with van der Waals surface area (Å²) in [7, 11) is 0. The van der Waals surface area contributed by atoms with Gasteiger partial charge in [0.05, 0.1) is 12.2 Å². The van der Waals surface area contributed by atoms with Crippen molar-refractivity contribution in [1.29, 1.82) is 0 Å². The fraction of sp³-hybridized carbons (Fsp3) is 0.214. The first-order valence-electron chi connectivity index (χ1n) is 5.86. The lowest BCUT2D eigenvalue weighted by Crippen LogP contribution is -2.04. The smallest absolute Gasteiger partial charge is 0.363 e. The summed E-state index contributed by atoms with van der Waals surface area (Å²) < 4.78 is 9.69. The molecule has 5 nitrogen and oxygen atoms in total. The molecule has 0 spiro atoms. The van der Waals surface area contributed by atoms with E-state index in [-0.39, 0.29) is 11.7 Å². The van der Waals surface area contributed by atoms with Gasteiger partial charge < -0.3 is 9.47 Å². The quantitative estimate of drug-likeness (QED) is 0.616. The normalized spacial score (nSPS) is 16.2. The highest BCUT2D eigenvalue weighted by Gasteiger charge is 2.19. The summed E-state index contributed by atoms with van der Waals surface area (Å²) in [6, 6.07) is 6.72. The van der Waals surface area contributed by atoms with Crippen molar-refractivity contribution in [3.63, 3.8) is 0 Å². The van der Waals surface area contributed by atoms with E-state index in [9.17, 15) is 9.59 Å². The molecule has 0 atom stereocenters. The summed E-state index contributed by atoms with van der Waals surface area (Å²) in [5.41, 5.74) is 1.48. The molecule has 0 aromatic heterocycles. The number of hydrogen-bond donors (Lipinski definition) is 0. The Morgan fingerprint density at radius 3 is 2.58 bits per heavy atom. The molecule has 0 radical (unpaired) electrons. The summed E-state index contributed by atoms with van der Waals surface area (Å²) in [6.07, 6.45) is 1.60. The highest BCUT2D eigenvalue weighted by molar-refractivity contribution is 6.06. The topological polar surface area (TPSA) is 65.0 Å². The first kappa shape index (κ1) is 13.0. The number of nitrogens with zero attached hydrogens (tertiary/aromatic N) is 1. The van der Waals surface area contributed by atoms with Gasteiger partial charge in [0, 0.05) is 6.92 Å². The first-order chi connectivity index (χ1) is 9.10. The number of benzene rings is 1. The average molecular weight is 259 g/mol. The number of aliphatic imine (C=N–C) groups is 1. The molecule has 1 aromatic rings. The van der Waals surface area contributed by atoms with Crippen molar-refractivity contribution in [3.05, 3.63) is 41.1 Å². The lowest BCUT2D eigenvalue weighted by molar-refractivity contribution is -0.130. The summed E-state index contributed by atoms with van der Waals surface area (Å²) >= 11 is 0. The van der Waals surface area contributed by atoms with E-state index in [0.717, 1.165) is 5.56 Å². The zero-order valence-corrected chi connectivity index (χ0v) is 10.7. The van der Waals surface area contributed by atoms with Gasteiger partial charge in [-0.25, -0.2) is 14.6 Å². The predicted molar refractivity (Wildman–Crippen MR) is 69.6 cm³/mol. The maximum atomic E-state index is 11.5. The van der Waals surface area contributed by atoms with E-state index in [0.29, 0.717) is 18.1 Å². The number of carbonyl (C=O) groups is 2. The molecule has 0 saturated heterocycles.